The number of carbonyl (C=O) groups is 1. The minimum absolute atomic E-state index is 0.0440. The number of amides is 1. The monoisotopic (exact) mass is 477 g/mol. The summed E-state index contributed by atoms with van der Waals surface area (Å²) in [7, 11) is -3.92. The predicted octanol–water partition coefficient (Wildman–Crippen LogP) is 3.57. The summed E-state index contributed by atoms with van der Waals surface area (Å²) in [6.45, 7) is 5.69. The standard InChI is InChI=1S/C24H32FN3O4S/c1-17(2)23(29)27(13-18-9-10-18)14-20-12-26-24(28(20)15-21-7-5-11-32-21)33(30,31)16-19-6-3-4-8-22(19)25/h3-4,6,8,12,17-18,21H,5,7,9-11,13-16H2,1-2H3. The molecule has 1 aromatic carbocycles. The maximum atomic E-state index is 14.2. The van der Waals surface area contributed by atoms with E-state index in [4.69, 9.17) is 4.74 Å². The van der Waals surface area contributed by atoms with Crippen molar-refractivity contribution < 1.29 is 22.3 Å². The van der Waals surface area contributed by atoms with Gasteiger partial charge in [0.1, 0.15) is 5.82 Å². The number of carbonyl (C=O) groups excluding carboxylic acids is 1. The maximum absolute atomic E-state index is 14.2. The number of nitrogens with zero attached hydrogens (tertiary/aromatic N) is 3. The van der Waals surface area contributed by atoms with E-state index < -0.39 is 21.4 Å². The number of rotatable bonds is 10. The molecule has 1 aliphatic carbocycles. The first kappa shape index (κ1) is 23.9. The van der Waals surface area contributed by atoms with E-state index in [9.17, 15) is 17.6 Å². The van der Waals surface area contributed by atoms with Gasteiger partial charge in [0, 0.05) is 24.6 Å². The molecular weight excluding hydrogens is 445 g/mol. The Morgan fingerprint density at radius 2 is 2.03 bits per heavy atom. The molecule has 0 N–H and O–H groups in total. The van der Waals surface area contributed by atoms with E-state index in [-0.39, 0.29) is 28.6 Å². The third-order valence-electron chi connectivity index (χ3n) is 6.23. The van der Waals surface area contributed by atoms with Crippen molar-refractivity contribution in [1.82, 2.24) is 14.5 Å². The highest BCUT2D eigenvalue weighted by Gasteiger charge is 2.31. The molecule has 180 valence electrons. The smallest absolute Gasteiger partial charge is 0.228 e. The van der Waals surface area contributed by atoms with E-state index in [2.05, 4.69) is 4.98 Å². The maximum Gasteiger partial charge on any atom is 0.228 e. The molecule has 0 bridgehead atoms. The normalized spacial score (nSPS) is 18.7. The first-order valence-electron chi connectivity index (χ1n) is 11.7. The van der Waals surface area contributed by atoms with Gasteiger partial charge >= 0.3 is 0 Å². The Morgan fingerprint density at radius 1 is 1.27 bits per heavy atom. The van der Waals surface area contributed by atoms with E-state index >= 15 is 0 Å². The fraction of sp³-hybridized carbons (Fsp3) is 0.583. The Hall–Kier alpha value is -2.26. The molecule has 1 aliphatic heterocycles. The van der Waals surface area contributed by atoms with Crippen LogP contribution in [0.15, 0.2) is 35.6 Å². The summed E-state index contributed by atoms with van der Waals surface area (Å²) < 4.78 is 48.2. The zero-order valence-electron chi connectivity index (χ0n) is 19.2. The molecule has 2 aromatic rings. The molecule has 2 aliphatic rings. The molecule has 1 unspecified atom stereocenters. The highest BCUT2D eigenvalue weighted by Crippen LogP contribution is 2.31. The first-order valence-corrected chi connectivity index (χ1v) is 13.3. The topological polar surface area (TPSA) is 81.5 Å². The van der Waals surface area contributed by atoms with E-state index in [1.54, 1.807) is 10.6 Å². The van der Waals surface area contributed by atoms with Gasteiger partial charge < -0.3 is 14.2 Å². The Bertz CT molecular complexity index is 1090. The second-order valence-electron chi connectivity index (χ2n) is 9.45. The van der Waals surface area contributed by atoms with Gasteiger partial charge in [0.25, 0.3) is 0 Å². The van der Waals surface area contributed by atoms with Crippen LogP contribution in [0.1, 0.15) is 50.8 Å². The van der Waals surface area contributed by atoms with Gasteiger partial charge in [-0.15, -0.1) is 0 Å². The molecule has 1 saturated heterocycles. The van der Waals surface area contributed by atoms with E-state index in [1.165, 1.54) is 24.4 Å². The fourth-order valence-electron chi connectivity index (χ4n) is 4.24. The molecule has 33 heavy (non-hydrogen) atoms. The summed E-state index contributed by atoms with van der Waals surface area (Å²) in [5, 5.41) is -0.0976. The predicted molar refractivity (Wildman–Crippen MR) is 121 cm³/mol. The van der Waals surface area contributed by atoms with Gasteiger partial charge in [0.15, 0.2) is 0 Å². The van der Waals surface area contributed by atoms with Gasteiger partial charge in [0.05, 0.1) is 36.8 Å². The van der Waals surface area contributed by atoms with Crippen molar-refractivity contribution in [2.24, 2.45) is 11.8 Å². The third-order valence-corrected chi connectivity index (χ3v) is 7.80. The number of imidazole rings is 1. The lowest BCUT2D eigenvalue weighted by Crippen LogP contribution is -2.36. The Labute approximate surface area is 194 Å². The molecule has 9 heteroatoms. The third kappa shape index (κ3) is 5.81. The van der Waals surface area contributed by atoms with Crippen LogP contribution in [-0.4, -0.2) is 48.0 Å². The Kier molecular flexibility index (Phi) is 7.19. The fourth-order valence-corrected chi connectivity index (χ4v) is 5.76. The molecule has 0 spiro atoms. The summed E-state index contributed by atoms with van der Waals surface area (Å²) in [4.78, 5) is 18.9. The first-order chi connectivity index (χ1) is 15.7. The van der Waals surface area contributed by atoms with Gasteiger partial charge in [-0.25, -0.2) is 17.8 Å². The van der Waals surface area contributed by atoms with Crippen LogP contribution in [0.25, 0.3) is 0 Å². The van der Waals surface area contributed by atoms with Crippen LogP contribution in [0.4, 0.5) is 4.39 Å². The zero-order chi connectivity index (χ0) is 23.6. The van der Waals surface area contributed by atoms with Crippen molar-refractivity contribution in [2.45, 2.75) is 69.6 Å². The molecule has 1 atom stereocenters. The molecule has 4 rings (SSSR count). The average molecular weight is 478 g/mol. The zero-order valence-corrected chi connectivity index (χ0v) is 20.1. The van der Waals surface area contributed by atoms with Crippen molar-refractivity contribution in [2.75, 3.05) is 13.2 Å². The van der Waals surface area contributed by atoms with Gasteiger partial charge in [-0.05, 0) is 37.7 Å². The lowest BCUT2D eigenvalue weighted by Gasteiger charge is -2.26. The molecule has 1 saturated carbocycles. The number of ether oxygens (including phenoxy) is 1. The number of sulfone groups is 1. The lowest BCUT2D eigenvalue weighted by molar-refractivity contribution is -0.135. The minimum atomic E-state index is -3.92. The van der Waals surface area contributed by atoms with Crippen LogP contribution in [0.5, 0.6) is 0 Å². The lowest BCUT2D eigenvalue weighted by atomic mass is 10.1. The summed E-state index contributed by atoms with van der Waals surface area (Å²) in [6, 6.07) is 5.87. The van der Waals surface area contributed by atoms with Crippen LogP contribution >= 0.6 is 0 Å². The quantitative estimate of drug-likeness (QED) is 0.523. The van der Waals surface area contributed by atoms with E-state index in [0.29, 0.717) is 37.9 Å². The second-order valence-corrected chi connectivity index (χ2v) is 11.3. The van der Waals surface area contributed by atoms with Crippen LogP contribution in [0.3, 0.4) is 0 Å². The van der Waals surface area contributed by atoms with Gasteiger partial charge in [0.2, 0.25) is 20.9 Å². The largest absolute Gasteiger partial charge is 0.376 e. The Morgan fingerprint density at radius 3 is 2.67 bits per heavy atom. The molecule has 2 fully saturated rings. The van der Waals surface area contributed by atoms with Crippen molar-refractivity contribution in [3.8, 4) is 0 Å². The van der Waals surface area contributed by atoms with Crippen LogP contribution in [0, 0.1) is 17.7 Å². The average Bonchev–Trinajstić information content (AvgIpc) is 3.26. The summed E-state index contributed by atoms with van der Waals surface area (Å²) in [6.07, 6.45) is 5.40. The number of hydrogen-bond acceptors (Lipinski definition) is 5. The van der Waals surface area contributed by atoms with Crippen molar-refractivity contribution in [1.29, 1.82) is 0 Å². The highest BCUT2D eigenvalue weighted by atomic mass is 32.2. The number of benzene rings is 1. The van der Waals surface area contributed by atoms with Crippen molar-refractivity contribution in [3.05, 3.63) is 47.5 Å². The number of halogens is 1. The van der Waals surface area contributed by atoms with Crippen molar-refractivity contribution in [3.63, 3.8) is 0 Å². The number of aromatic nitrogens is 2. The highest BCUT2D eigenvalue weighted by molar-refractivity contribution is 7.90. The van der Waals surface area contributed by atoms with E-state index in [0.717, 1.165) is 25.7 Å². The van der Waals surface area contributed by atoms with Gasteiger partial charge in [-0.3, -0.25) is 4.79 Å². The summed E-state index contributed by atoms with van der Waals surface area (Å²) in [5.41, 5.74) is 0.767. The molecule has 2 heterocycles. The molecule has 0 radical (unpaired) electrons. The van der Waals surface area contributed by atoms with Crippen LogP contribution < -0.4 is 0 Å². The van der Waals surface area contributed by atoms with Crippen LogP contribution in [-0.2, 0) is 38.2 Å². The summed E-state index contributed by atoms with van der Waals surface area (Å²) in [5.74, 6) is -0.633. The minimum Gasteiger partial charge on any atom is -0.376 e. The van der Waals surface area contributed by atoms with Gasteiger partial charge in [-0.2, -0.15) is 0 Å². The van der Waals surface area contributed by atoms with Crippen molar-refractivity contribution >= 4 is 15.7 Å². The summed E-state index contributed by atoms with van der Waals surface area (Å²) >= 11 is 0. The molecule has 1 amide bonds. The van der Waals surface area contributed by atoms with Gasteiger partial charge in [-0.1, -0.05) is 32.0 Å². The second kappa shape index (κ2) is 9.93. The number of hydrogen-bond donors (Lipinski definition) is 0. The molecular formula is C24H32FN3O4S. The Balaban J connectivity index is 1.65. The van der Waals surface area contributed by atoms with E-state index in [1.807, 2.05) is 18.7 Å². The molecule has 7 nitrogen and oxygen atoms in total. The van der Waals surface area contributed by atoms with Crippen LogP contribution in [0.2, 0.25) is 0 Å². The molecule has 1 aromatic heterocycles. The SMILES string of the molecule is CC(C)C(=O)N(Cc1cnc(S(=O)(=O)Cc2ccccc2F)n1CC1CCCO1)CC1CC1.